The van der Waals surface area contributed by atoms with Crippen molar-refractivity contribution in [3.63, 3.8) is 0 Å². The van der Waals surface area contributed by atoms with E-state index in [0.717, 1.165) is 20.7 Å². The first kappa shape index (κ1) is 19.9. The minimum Gasteiger partial charge on any atom is -0.507 e. The van der Waals surface area contributed by atoms with Crippen LogP contribution in [0.1, 0.15) is 17.2 Å². The molecule has 0 saturated carbocycles. The lowest BCUT2D eigenvalue weighted by Gasteiger charge is -2.22. The average Bonchev–Trinajstić information content (AvgIpc) is 3.35. The van der Waals surface area contributed by atoms with Gasteiger partial charge in [-0.3, -0.25) is 24.6 Å². The quantitative estimate of drug-likeness (QED) is 0.192. The van der Waals surface area contributed by atoms with E-state index < -0.39 is 22.7 Å². The fraction of sp³-hybridized carbons (Fsp3) is 0.0500. The first-order valence-electron chi connectivity index (χ1n) is 8.59. The molecule has 1 aliphatic heterocycles. The number of nitro groups is 1. The van der Waals surface area contributed by atoms with E-state index in [1.807, 2.05) is 0 Å². The summed E-state index contributed by atoms with van der Waals surface area (Å²) >= 11 is 4.45. The molecule has 8 nitrogen and oxygen atoms in total. The Morgan fingerprint density at radius 1 is 1.20 bits per heavy atom. The molecule has 150 valence electrons. The lowest BCUT2D eigenvalue weighted by Crippen LogP contribution is -2.29. The van der Waals surface area contributed by atoms with Gasteiger partial charge in [0.15, 0.2) is 5.13 Å². The summed E-state index contributed by atoms with van der Waals surface area (Å²) in [6.07, 6.45) is 1.48. The third-order valence-corrected chi connectivity index (χ3v) is 5.88. The Hall–Kier alpha value is -3.37. The minimum absolute atomic E-state index is 0.155. The summed E-state index contributed by atoms with van der Waals surface area (Å²) in [6.45, 7) is 0. The SMILES string of the molecule is O=C1C(=O)N(c2nccs2)C(c2cccc([N+](=O)[O-])c2)C1=C(O)c1ccc(Br)cc1. The number of aliphatic hydroxyl groups excluding tert-OH is 1. The zero-order chi connectivity index (χ0) is 21.4. The second-order valence-corrected chi connectivity index (χ2v) is 8.13. The van der Waals surface area contributed by atoms with Crippen LogP contribution in [0.5, 0.6) is 0 Å². The maximum absolute atomic E-state index is 12.9. The Balaban J connectivity index is 1.95. The number of hydrogen-bond acceptors (Lipinski definition) is 7. The number of anilines is 1. The van der Waals surface area contributed by atoms with Crippen LogP contribution in [0.3, 0.4) is 0 Å². The van der Waals surface area contributed by atoms with E-state index in [2.05, 4.69) is 20.9 Å². The number of rotatable bonds is 4. The smallest absolute Gasteiger partial charge is 0.301 e. The molecule has 1 saturated heterocycles. The van der Waals surface area contributed by atoms with Crippen LogP contribution in [-0.2, 0) is 9.59 Å². The molecule has 4 rings (SSSR count). The van der Waals surface area contributed by atoms with Crippen LogP contribution < -0.4 is 4.90 Å². The van der Waals surface area contributed by atoms with Crippen molar-refractivity contribution in [2.75, 3.05) is 4.90 Å². The number of non-ortho nitro benzene ring substituents is 1. The number of nitro benzene ring substituents is 1. The minimum atomic E-state index is -1.06. The lowest BCUT2D eigenvalue weighted by atomic mass is 9.95. The van der Waals surface area contributed by atoms with Gasteiger partial charge < -0.3 is 5.11 Å². The predicted molar refractivity (Wildman–Crippen MR) is 114 cm³/mol. The molecular formula is C20H12BrN3O5S. The maximum atomic E-state index is 12.9. The van der Waals surface area contributed by atoms with Gasteiger partial charge in [0.2, 0.25) is 0 Å². The molecular weight excluding hydrogens is 474 g/mol. The number of carbonyl (C=O) groups is 2. The number of aliphatic hydroxyl groups is 1. The molecule has 1 aromatic heterocycles. The van der Waals surface area contributed by atoms with Crippen LogP contribution in [0.15, 0.2) is 70.2 Å². The van der Waals surface area contributed by atoms with Crippen molar-refractivity contribution in [3.05, 3.63) is 91.4 Å². The van der Waals surface area contributed by atoms with Gasteiger partial charge >= 0.3 is 5.91 Å². The second-order valence-electron chi connectivity index (χ2n) is 6.34. The van der Waals surface area contributed by atoms with E-state index in [0.29, 0.717) is 11.1 Å². The van der Waals surface area contributed by atoms with Gasteiger partial charge in [0.05, 0.1) is 16.5 Å². The molecule has 1 unspecified atom stereocenters. The van der Waals surface area contributed by atoms with Crippen LogP contribution in [0.25, 0.3) is 5.76 Å². The van der Waals surface area contributed by atoms with Crippen LogP contribution in [0.4, 0.5) is 10.8 Å². The number of aromatic nitrogens is 1. The number of ketones is 1. The van der Waals surface area contributed by atoms with Gasteiger partial charge in [0, 0.05) is 33.7 Å². The zero-order valence-electron chi connectivity index (χ0n) is 15.1. The Morgan fingerprint density at radius 3 is 2.57 bits per heavy atom. The highest BCUT2D eigenvalue weighted by atomic mass is 79.9. The molecule has 1 fully saturated rings. The molecule has 0 spiro atoms. The normalized spacial score (nSPS) is 18.0. The fourth-order valence-electron chi connectivity index (χ4n) is 3.25. The van der Waals surface area contributed by atoms with E-state index in [4.69, 9.17) is 0 Å². The van der Waals surface area contributed by atoms with Crippen molar-refractivity contribution < 1.29 is 19.6 Å². The molecule has 1 aliphatic rings. The topological polar surface area (TPSA) is 114 Å². The van der Waals surface area contributed by atoms with E-state index in [1.54, 1.807) is 35.7 Å². The Kier molecular flexibility index (Phi) is 5.18. The molecule has 10 heteroatoms. The van der Waals surface area contributed by atoms with Gasteiger partial charge in [-0.05, 0) is 17.7 Å². The molecule has 3 aromatic rings. The first-order chi connectivity index (χ1) is 14.4. The van der Waals surface area contributed by atoms with Crippen molar-refractivity contribution in [2.45, 2.75) is 6.04 Å². The van der Waals surface area contributed by atoms with E-state index >= 15 is 0 Å². The number of benzene rings is 2. The number of hydrogen-bond donors (Lipinski definition) is 1. The van der Waals surface area contributed by atoms with Crippen LogP contribution in [-0.4, -0.2) is 26.7 Å². The highest BCUT2D eigenvalue weighted by molar-refractivity contribution is 9.10. The molecule has 30 heavy (non-hydrogen) atoms. The summed E-state index contributed by atoms with van der Waals surface area (Å²) < 4.78 is 0.775. The van der Waals surface area contributed by atoms with Gasteiger partial charge in [-0.25, -0.2) is 4.98 Å². The van der Waals surface area contributed by atoms with Gasteiger partial charge in [0.1, 0.15) is 5.76 Å². The fourth-order valence-corrected chi connectivity index (χ4v) is 4.18. The largest absolute Gasteiger partial charge is 0.507 e. The monoisotopic (exact) mass is 485 g/mol. The number of thiazole rings is 1. The van der Waals surface area contributed by atoms with Crippen molar-refractivity contribution in [1.29, 1.82) is 0 Å². The summed E-state index contributed by atoms with van der Waals surface area (Å²) in [7, 11) is 0. The first-order valence-corrected chi connectivity index (χ1v) is 10.3. The van der Waals surface area contributed by atoms with Crippen molar-refractivity contribution >= 4 is 55.5 Å². The Labute approximate surface area is 182 Å². The molecule has 1 amide bonds. The number of nitrogens with zero attached hydrogens (tertiary/aromatic N) is 3. The lowest BCUT2D eigenvalue weighted by molar-refractivity contribution is -0.384. The van der Waals surface area contributed by atoms with Crippen molar-refractivity contribution in [3.8, 4) is 0 Å². The van der Waals surface area contributed by atoms with E-state index in [1.165, 1.54) is 24.4 Å². The number of amides is 1. The van der Waals surface area contributed by atoms with E-state index in [-0.39, 0.29) is 22.2 Å². The second kappa shape index (κ2) is 7.81. The van der Waals surface area contributed by atoms with Gasteiger partial charge in [-0.15, -0.1) is 11.3 Å². The van der Waals surface area contributed by atoms with Crippen molar-refractivity contribution in [2.24, 2.45) is 0 Å². The molecule has 0 radical (unpaired) electrons. The standard InChI is InChI=1S/C20H12BrN3O5S/c21-13-6-4-11(5-7-13)17(25)15-16(12-2-1-3-14(10-12)24(28)29)23(19(27)18(15)26)20-22-8-9-30-20/h1-10,16,25H. The number of Topliss-reactive ketones (excluding diaryl/α,β-unsaturated/α-hetero) is 1. The third kappa shape index (κ3) is 3.40. The summed E-state index contributed by atoms with van der Waals surface area (Å²) in [5, 5.41) is 24.1. The molecule has 2 aromatic carbocycles. The average molecular weight is 486 g/mol. The van der Waals surface area contributed by atoms with Gasteiger partial charge in [-0.2, -0.15) is 0 Å². The molecule has 2 heterocycles. The Bertz CT molecular complexity index is 1190. The summed E-state index contributed by atoms with van der Waals surface area (Å²) in [5.74, 6) is -2.11. The van der Waals surface area contributed by atoms with Crippen LogP contribution >= 0.6 is 27.3 Å². The van der Waals surface area contributed by atoms with Crippen molar-refractivity contribution in [1.82, 2.24) is 4.98 Å². The number of carbonyl (C=O) groups excluding carboxylic acids is 2. The van der Waals surface area contributed by atoms with E-state index in [9.17, 15) is 24.8 Å². The van der Waals surface area contributed by atoms with Gasteiger partial charge in [0.25, 0.3) is 11.5 Å². The molecule has 1 atom stereocenters. The molecule has 0 bridgehead atoms. The maximum Gasteiger partial charge on any atom is 0.301 e. The summed E-state index contributed by atoms with van der Waals surface area (Å²) in [5.41, 5.74) is 0.307. The predicted octanol–water partition coefficient (Wildman–Crippen LogP) is 4.44. The summed E-state index contributed by atoms with van der Waals surface area (Å²) in [6, 6.07) is 11.2. The molecule has 1 N–H and O–H groups in total. The Morgan fingerprint density at radius 2 is 1.93 bits per heavy atom. The third-order valence-electron chi connectivity index (χ3n) is 4.58. The van der Waals surface area contributed by atoms with Crippen LogP contribution in [0.2, 0.25) is 0 Å². The zero-order valence-corrected chi connectivity index (χ0v) is 17.5. The van der Waals surface area contributed by atoms with Gasteiger partial charge in [-0.1, -0.05) is 40.2 Å². The van der Waals surface area contributed by atoms with Crippen LogP contribution in [0, 0.1) is 10.1 Å². The molecule has 0 aliphatic carbocycles. The highest BCUT2D eigenvalue weighted by Crippen LogP contribution is 2.43. The number of halogens is 1. The highest BCUT2D eigenvalue weighted by Gasteiger charge is 2.48. The summed E-state index contributed by atoms with van der Waals surface area (Å²) in [4.78, 5) is 41.8.